The van der Waals surface area contributed by atoms with Crippen LogP contribution >= 0.6 is 0 Å². The second-order valence-electron chi connectivity index (χ2n) is 46.4. The number of nitrogens with zero attached hydrogens (tertiary/aromatic N) is 5. The van der Waals surface area contributed by atoms with Crippen LogP contribution in [0.2, 0.25) is 0 Å². The SMILES string of the molecule is CCC(=O)NC1CC(C)(CC)N(OC(C)c2ccccc2)C(C)(CC)C1C.CCCC(=O)NC1CC(C)(CC)N(OC(C)c2ccccc2)C(C)(CC)C1C.CCCCC(=O)NC1CC(C)(CC)N(OC(C)c2ccccc2)C(C)(CC)C1C.CCCCCC(=O)NC1CC(C)(CC)N(OC(C)c2ccccc2)C(C)(CC)C1C.CCCCCCC(=O)NC1CC(C)(CC)N(OC(C)c2ccccc2)C(C)(CC)C1C. The van der Waals surface area contributed by atoms with Crippen LogP contribution in [0.5, 0.6) is 0 Å². The first kappa shape index (κ1) is 127. The number of hydrogen-bond acceptors (Lipinski definition) is 15. The molecule has 145 heavy (non-hydrogen) atoms. The van der Waals surface area contributed by atoms with Crippen molar-refractivity contribution < 1.29 is 48.2 Å². The van der Waals surface area contributed by atoms with Gasteiger partial charge >= 0.3 is 0 Å². The van der Waals surface area contributed by atoms with Gasteiger partial charge in [0.1, 0.15) is 30.5 Å². The van der Waals surface area contributed by atoms with E-state index in [1.807, 2.05) is 37.3 Å². The van der Waals surface area contributed by atoms with Gasteiger partial charge in [-0.15, -0.1) is 0 Å². The molecular formula is C125H210N10O10. The number of benzene rings is 5. The Morgan fingerprint density at radius 3 is 0.607 bits per heavy atom. The Bertz CT molecular complexity index is 4570. The van der Waals surface area contributed by atoms with E-state index in [9.17, 15) is 24.0 Å². The first-order valence-corrected chi connectivity index (χ1v) is 57.6. The van der Waals surface area contributed by atoms with E-state index >= 15 is 0 Å². The minimum Gasteiger partial charge on any atom is -0.353 e. The zero-order valence-corrected chi connectivity index (χ0v) is 98.1. The lowest BCUT2D eigenvalue weighted by Crippen LogP contribution is -2.70. The smallest absolute Gasteiger partial charge is 0.220 e. The number of unbranched alkanes of at least 4 members (excludes halogenated alkanes) is 6. The Labute approximate surface area is 884 Å². The summed E-state index contributed by atoms with van der Waals surface area (Å²) in [6.45, 7) is 77.7. The van der Waals surface area contributed by atoms with Gasteiger partial charge in [0.25, 0.3) is 0 Å². The summed E-state index contributed by atoms with van der Waals surface area (Å²) in [7, 11) is 0. The maximum Gasteiger partial charge on any atom is 0.220 e. The third-order valence-corrected chi connectivity index (χ3v) is 36.6. The summed E-state index contributed by atoms with van der Waals surface area (Å²) in [5.41, 5.74) is 4.47. The van der Waals surface area contributed by atoms with Gasteiger partial charge in [-0.1, -0.05) is 329 Å². The molecule has 5 aromatic carbocycles. The lowest BCUT2D eigenvalue weighted by atomic mass is 9.68. The number of amides is 5. The molecule has 25 unspecified atom stereocenters. The van der Waals surface area contributed by atoms with Crippen molar-refractivity contribution in [3.05, 3.63) is 179 Å². The summed E-state index contributed by atoms with van der Waals surface area (Å²) < 4.78 is 0. The molecule has 5 fully saturated rings. The highest BCUT2D eigenvalue weighted by Crippen LogP contribution is 2.54. The van der Waals surface area contributed by atoms with Crippen molar-refractivity contribution in [2.45, 2.75) is 551 Å². The van der Waals surface area contributed by atoms with E-state index in [2.05, 4.69) is 409 Å². The molecule has 820 valence electrons. The van der Waals surface area contributed by atoms with Gasteiger partial charge in [-0.3, -0.25) is 48.2 Å². The first-order valence-electron chi connectivity index (χ1n) is 57.6. The fraction of sp³-hybridized carbons (Fsp3) is 0.720. The highest BCUT2D eigenvalue weighted by atomic mass is 16.7. The highest BCUT2D eigenvalue weighted by molar-refractivity contribution is 5.78. The predicted octanol–water partition coefficient (Wildman–Crippen LogP) is 30.2. The summed E-state index contributed by atoms with van der Waals surface area (Å²) in [6, 6.07) is 52.9. The molecule has 5 aliphatic rings. The molecule has 5 amide bonds. The molecule has 5 saturated heterocycles. The number of hydroxylamine groups is 10. The summed E-state index contributed by atoms with van der Waals surface area (Å²) in [5.74, 6) is 2.36. The van der Waals surface area contributed by atoms with Crippen molar-refractivity contribution in [2.75, 3.05) is 0 Å². The molecule has 10 rings (SSSR count). The molecule has 5 aliphatic heterocycles. The van der Waals surface area contributed by atoms with Crippen molar-refractivity contribution in [2.24, 2.45) is 29.6 Å². The molecule has 5 heterocycles. The van der Waals surface area contributed by atoms with Gasteiger partial charge in [-0.2, -0.15) is 25.3 Å². The largest absolute Gasteiger partial charge is 0.353 e. The normalized spacial score (nSPS) is 31.4. The zero-order chi connectivity index (χ0) is 108. The molecule has 0 aliphatic carbocycles. The number of piperidine rings is 5. The third-order valence-electron chi connectivity index (χ3n) is 36.6. The zero-order valence-electron chi connectivity index (χ0n) is 98.1. The molecular weight excluding hydrogens is 1800 g/mol. The second-order valence-corrected chi connectivity index (χ2v) is 46.4. The monoisotopic (exact) mass is 2010 g/mol. The van der Waals surface area contributed by atoms with Gasteiger partial charge in [-0.05, 0) is 283 Å². The summed E-state index contributed by atoms with van der Waals surface area (Å²) in [6.07, 6.45) is 27.8. The van der Waals surface area contributed by atoms with Crippen LogP contribution in [0.25, 0.3) is 0 Å². The van der Waals surface area contributed by atoms with Gasteiger partial charge in [-0.25, -0.2) is 0 Å². The maximum atomic E-state index is 12.7. The molecule has 25 atom stereocenters. The minimum atomic E-state index is -0.161. The van der Waals surface area contributed by atoms with Crippen molar-refractivity contribution in [3.63, 3.8) is 0 Å². The van der Waals surface area contributed by atoms with Crippen LogP contribution in [0.15, 0.2) is 152 Å². The summed E-state index contributed by atoms with van der Waals surface area (Å²) >= 11 is 0. The van der Waals surface area contributed by atoms with E-state index in [1.54, 1.807) is 0 Å². The fourth-order valence-electron chi connectivity index (χ4n) is 23.7. The number of hydrogen-bond donors (Lipinski definition) is 5. The fourth-order valence-corrected chi connectivity index (χ4v) is 23.7. The molecule has 0 radical (unpaired) electrons. The molecule has 20 nitrogen and oxygen atoms in total. The van der Waals surface area contributed by atoms with Gasteiger partial charge in [0.2, 0.25) is 29.5 Å². The molecule has 5 aromatic rings. The van der Waals surface area contributed by atoms with Crippen LogP contribution in [0.1, 0.15) is 493 Å². The third kappa shape index (κ3) is 32.3. The van der Waals surface area contributed by atoms with Crippen LogP contribution in [0, 0.1) is 29.6 Å². The van der Waals surface area contributed by atoms with Crippen molar-refractivity contribution in [1.29, 1.82) is 0 Å². The number of nitrogens with one attached hydrogen (secondary N) is 5. The summed E-state index contributed by atoms with van der Waals surface area (Å²) in [4.78, 5) is 95.8. The van der Waals surface area contributed by atoms with Crippen LogP contribution in [-0.4, -0.2) is 140 Å². The van der Waals surface area contributed by atoms with Gasteiger partial charge < -0.3 is 26.6 Å². The second kappa shape index (κ2) is 58.6. The van der Waals surface area contributed by atoms with Crippen molar-refractivity contribution in [1.82, 2.24) is 51.9 Å². The van der Waals surface area contributed by atoms with Crippen LogP contribution in [-0.2, 0) is 48.2 Å². The molecule has 5 N–H and O–H groups in total. The van der Waals surface area contributed by atoms with Crippen LogP contribution in [0.3, 0.4) is 0 Å². The molecule has 0 spiro atoms. The maximum absolute atomic E-state index is 12.7. The average molecular weight is 2010 g/mol. The molecule has 20 heteroatoms. The van der Waals surface area contributed by atoms with Crippen LogP contribution in [0.4, 0.5) is 0 Å². The van der Waals surface area contributed by atoms with Crippen molar-refractivity contribution >= 4 is 29.5 Å². The topological polar surface area (TPSA) is 208 Å². The standard InChI is InChI=1S/C27H46N2O2.C26H44N2O2.C25H42N2O2.C24H40N2O2.C23H38N2O2/c1-8-11-12-16-19-25(30)28-24-20-26(6,9-2)29(27(7,10-3)21(24)4)31-22(5)23-17-14-13-15-18-23;1-8-11-13-18-24(29)27-23-19-25(6,9-2)28(26(7,10-3)20(23)4)30-21(5)22-16-14-12-15-17-22;1-8-11-17-23(28)26-22-18-24(6,9-2)27(25(7,10-3)19(22)4)29-20(5)21-15-13-12-14-16-21;1-8-14-22(27)25-21-17-23(6,9-2)26(24(7,10-3)18(21)4)28-19(5)20-15-12-11-13-16-20;1-8-21(26)24-20-16-22(6,9-2)25(23(7,10-3)17(20)4)27-18(5)19-14-12-11-13-15-19/h13-15,17-18,21-22,24H,8-12,16,19-20H2,1-7H3,(H,28,30);12,14-17,20-21,23H,8-11,13,18-19H2,1-7H3,(H,27,29);12-16,19-20,22H,8-11,17-18H2,1-7H3,(H,26,28);11-13,15-16,18-19,21H,8-10,14,17H2,1-7H3,(H,25,27);11-15,17-18,20H,8-10,16H2,1-7H3,(H,24,26). The number of rotatable bonds is 45. The van der Waals surface area contributed by atoms with Gasteiger partial charge in [0.05, 0.1) is 0 Å². The summed E-state index contributed by atoms with van der Waals surface area (Å²) in [5, 5.41) is 28.2. The number of carbonyl (C=O) groups excluding carboxylic acids is 5. The Balaban J connectivity index is 0.000000277. The molecule has 0 aromatic heterocycles. The van der Waals surface area contributed by atoms with Gasteiger partial charge in [0, 0.05) is 118 Å². The number of carbonyl (C=O) groups is 5. The molecule has 0 saturated carbocycles. The Morgan fingerprint density at radius 1 is 0.248 bits per heavy atom. The lowest BCUT2D eigenvalue weighted by molar-refractivity contribution is -0.327. The quantitative estimate of drug-likeness (QED) is 0.0230. The minimum absolute atomic E-state index is 0.0167. The van der Waals surface area contributed by atoms with E-state index in [-0.39, 0.29) is 146 Å². The highest BCUT2D eigenvalue weighted by Gasteiger charge is 2.61. The molecule has 0 bridgehead atoms. The Morgan fingerprint density at radius 2 is 0.428 bits per heavy atom. The predicted molar refractivity (Wildman–Crippen MR) is 602 cm³/mol. The average Bonchev–Trinajstić information content (AvgIpc) is 0.757. The van der Waals surface area contributed by atoms with E-state index in [0.29, 0.717) is 61.7 Å². The Hall–Kier alpha value is -6.95. The Kier molecular flexibility index (Phi) is 51.2. The van der Waals surface area contributed by atoms with E-state index in [0.717, 1.165) is 148 Å². The van der Waals surface area contributed by atoms with E-state index in [4.69, 9.17) is 24.2 Å². The van der Waals surface area contributed by atoms with E-state index in [1.165, 1.54) is 40.7 Å². The van der Waals surface area contributed by atoms with Crippen LogP contribution < -0.4 is 26.6 Å². The van der Waals surface area contributed by atoms with Crippen molar-refractivity contribution in [3.8, 4) is 0 Å². The van der Waals surface area contributed by atoms with Gasteiger partial charge in [0.15, 0.2) is 0 Å². The first-order chi connectivity index (χ1) is 68.6. The van der Waals surface area contributed by atoms with E-state index < -0.39 is 0 Å². The lowest BCUT2D eigenvalue weighted by Gasteiger charge is -2.60.